The first-order chi connectivity index (χ1) is 14.8. The number of halogens is 3. The monoisotopic (exact) mass is 428 g/mol. The van der Waals surface area contributed by atoms with Crippen LogP contribution >= 0.6 is 0 Å². The molecular weight excluding hydrogens is 409 g/mol. The second-order valence-corrected chi connectivity index (χ2v) is 7.78. The van der Waals surface area contributed by atoms with Gasteiger partial charge in [-0.05, 0) is 37.3 Å². The number of imidazole rings is 1. The number of alkyl halides is 3. The van der Waals surface area contributed by atoms with Crippen molar-refractivity contribution in [2.24, 2.45) is 0 Å². The third-order valence-corrected chi connectivity index (χ3v) is 5.52. The van der Waals surface area contributed by atoms with E-state index in [1.165, 1.54) is 16.8 Å². The second kappa shape index (κ2) is 7.12. The summed E-state index contributed by atoms with van der Waals surface area (Å²) in [6.45, 7) is 4.71. The van der Waals surface area contributed by atoms with Gasteiger partial charge >= 0.3 is 11.8 Å². The van der Waals surface area contributed by atoms with E-state index in [-0.39, 0.29) is 16.9 Å². The van der Waals surface area contributed by atoms with Crippen LogP contribution in [0.5, 0.6) is 0 Å². The third kappa shape index (κ3) is 3.65. The van der Waals surface area contributed by atoms with Gasteiger partial charge in [0.2, 0.25) is 0 Å². The Kier molecular flexibility index (Phi) is 4.51. The van der Waals surface area contributed by atoms with Crippen LogP contribution in [0.25, 0.3) is 27.9 Å². The summed E-state index contributed by atoms with van der Waals surface area (Å²) in [5.74, 6) is 0. The zero-order valence-electron chi connectivity index (χ0n) is 16.6. The number of nitrogens with zero attached hydrogens (tertiary/aromatic N) is 3. The van der Waals surface area contributed by atoms with Crippen LogP contribution in [0.3, 0.4) is 0 Å². The van der Waals surface area contributed by atoms with E-state index in [4.69, 9.17) is 4.42 Å². The molecule has 1 N–H and O–H groups in total. The molecule has 1 aliphatic rings. The highest BCUT2D eigenvalue weighted by atomic mass is 19.4. The van der Waals surface area contributed by atoms with E-state index in [2.05, 4.69) is 22.1 Å². The Morgan fingerprint density at radius 3 is 2.81 bits per heavy atom. The van der Waals surface area contributed by atoms with Gasteiger partial charge in [0.15, 0.2) is 0 Å². The number of fused-ring (bicyclic) bond motifs is 2. The summed E-state index contributed by atoms with van der Waals surface area (Å²) in [7, 11) is 0. The number of hydrogen-bond acceptors (Lipinski definition) is 5. The van der Waals surface area contributed by atoms with E-state index in [0.29, 0.717) is 11.6 Å². The minimum atomic E-state index is -4.46. The Morgan fingerprint density at radius 1 is 1.19 bits per heavy atom. The first-order valence-electron chi connectivity index (χ1n) is 9.90. The van der Waals surface area contributed by atoms with Gasteiger partial charge in [0.05, 0.1) is 16.8 Å². The van der Waals surface area contributed by atoms with E-state index in [0.717, 1.165) is 42.8 Å². The van der Waals surface area contributed by atoms with Gasteiger partial charge in [-0.15, -0.1) is 0 Å². The van der Waals surface area contributed by atoms with Crippen LogP contribution in [0.15, 0.2) is 58.0 Å². The van der Waals surface area contributed by atoms with Crippen molar-refractivity contribution < 1.29 is 17.6 Å². The van der Waals surface area contributed by atoms with Crippen molar-refractivity contribution >= 4 is 22.3 Å². The van der Waals surface area contributed by atoms with Crippen molar-refractivity contribution in [1.82, 2.24) is 14.7 Å². The molecule has 1 aliphatic heterocycles. The van der Waals surface area contributed by atoms with Crippen LogP contribution in [0.4, 0.5) is 18.9 Å². The Morgan fingerprint density at radius 2 is 2.03 bits per heavy atom. The standard InChI is InChI=1S/C22H19F3N4O2/c1-13-11-28(7-5-26-13)16-3-2-14-8-17(21(30)31-19(14)10-16)18-12-29-6-4-15(22(23,24)25)9-20(29)27-18/h2-4,6,8-10,12-13,26H,5,7,11H2,1H3. The van der Waals surface area contributed by atoms with Gasteiger partial charge < -0.3 is 19.0 Å². The first kappa shape index (κ1) is 19.6. The van der Waals surface area contributed by atoms with Crippen LogP contribution in [-0.2, 0) is 6.18 Å². The molecule has 4 heterocycles. The fourth-order valence-corrected chi connectivity index (χ4v) is 3.93. The van der Waals surface area contributed by atoms with Crippen LogP contribution in [-0.4, -0.2) is 35.1 Å². The van der Waals surface area contributed by atoms with Crippen LogP contribution in [0, 0.1) is 0 Å². The van der Waals surface area contributed by atoms with Crippen LogP contribution < -0.4 is 15.8 Å². The van der Waals surface area contributed by atoms with Gasteiger partial charge in [0.25, 0.3) is 0 Å². The molecule has 1 unspecified atom stereocenters. The van der Waals surface area contributed by atoms with Gasteiger partial charge in [-0.2, -0.15) is 13.2 Å². The molecule has 0 radical (unpaired) electrons. The summed E-state index contributed by atoms with van der Waals surface area (Å²) in [6.07, 6.45) is -1.67. The Labute approximate surface area is 174 Å². The fourth-order valence-electron chi connectivity index (χ4n) is 3.93. The minimum absolute atomic E-state index is 0.104. The van der Waals surface area contributed by atoms with Gasteiger partial charge in [0.1, 0.15) is 11.2 Å². The predicted molar refractivity (Wildman–Crippen MR) is 111 cm³/mol. The van der Waals surface area contributed by atoms with Gasteiger partial charge in [-0.25, -0.2) is 9.78 Å². The molecule has 1 atom stereocenters. The molecule has 5 rings (SSSR count). The Hall–Kier alpha value is -3.33. The average Bonchev–Trinajstić information content (AvgIpc) is 3.15. The number of benzene rings is 1. The summed E-state index contributed by atoms with van der Waals surface area (Å²) in [5.41, 5.74) is 0.621. The molecule has 4 aromatic rings. The van der Waals surface area contributed by atoms with Crippen molar-refractivity contribution in [3.8, 4) is 11.3 Å². The highest BCUT2D eigenvalue weighted by Crippen LogP contribution is 2.31. The van der Waals surface area contributed by atoms with Crippen molar-refractivity contribution in [2.45, 2.75) is 19.1 Å². The van der Waals surface area contributed by atoms with E-state index in [9.17, 15) is 18.0 Å². The lowest BCUT2D eigenvalue weighted by atomic mass is 10.1. The molecule has 0 bridgehead atoms. The highest BCUT2D eigenvalue weighted by molar-refractivity contribution is 5.84. The smallest absolute Gasteiger partial charge is 0.416 e. The summed E-state index contributed by atoms with van der Waals surface area (Å²) < 4.78 is 45.9. The summed E-state index contributed by atoms with van der Waals surface area (Å²) >= 11 is 0. The maximum atomic E-state index is 13.0. The van der Waals surface area contributed by atoms with E-state index in [1.807, 2.05) is 18.2 Å². The zero-order valence-corrected chi connectivity index (χ0v) is 16.6. The molecule has 3 aromatic heterocycles. The van der Waals surface area contributed by atoms with Crippen molar-refractivity contribution in [3.63, 3.8) is 0 Å². The number of aromatic nitrogens is 2. The van der Waals surface area contributed by atoms with Crippen molar-refractivity contribution in [1.29, 1.82) is 0 Å². The van der Waals surface area contributed by atoms with Gasteiger partial charge in [-0.1, -0.05) is 0 Å². The summed E-state index contributed by atoms with van der Waals surface area (Å²) in [4.78, 5) is 19.1. The van der Waals surface area contributed by atoms with Gasteiger partial charge in [-0.3, -0.25) is 0 Å². The number of pyridine rings is 1. The lowest BCUT2D eigenvalue weighted by molar-refractivity contribution is -0.137. The average molecular weight is 428 g/mol. The first-order valence-corrected chi connectivity index (χ1v) is 9.90. The number of hydrogen-bond donors (Lipinski definition) is 1. The lowest BCUT2D eigenvalue weighted by Gasteiger charge is -2.33. The molecule has 0 aliphatic carbocycles. The topological polar surface area (TPSA) is 62.8 Å². The number of rotatable bonds is 2. The number of anilines is 1. The normalized spacial score (nSPS) is 17.5. The van der Waals surface area contributed by atoms with Crippen LogP contribution in [0.1, 0.15) is 12.5 Å². The SMILES string of the molecule is CC1CN(c2ccc3cc(-c4cn5ccc(C(F)(F)F)cc5n4)c(=O)oc3c2)CCN1. The molecule has 1 saturated heterocycles. The second-order valence-electron chi connectivity index (χ2n) is 7.78. The van der Waals surface area contributed by atoms with E-state index >= 15 is 0 Å². The van der Waals surface area contributed by atoms with Gasteiger partial charge in [0, 0.05) is 55.2 Å². The van der Waals surface area contributed by atoms with Crippen molar-refractivity contribution in [2.75, 3.05) is 24.5 Å². The highest BCUT2D eigenvalue weighted by Gasteiger charge is 2.31. The molecule has 1 aromatic carbocycles. The number of nitrogens with one attached hydrogen (secondary N) is 1. The molecule has 9 heteroatoms. The predicted octanol–water partition coefficient (Wildman–Crippen LogP) is 3.92. The summed E-state index contributed by atoms with van der Waals surface area (Å²) in [6, 6.07) is 9.65. The molecule has 0 spiro atoms. The number of piperazine rings is 1. The lowest BCUT2D eigenvalue weighted by Crippen LogP contribution is -2.49. The fraction of sp³-hybridized carbons (Fsp3) is 0.273. The van der Waals surface area contributed by atoms with E-state index in [1.54, 1.807) is 6.07 Å². The third-order valence-electron chi connectivity index (χ3n) is 5.52. The molecule has 6 nitrogen and oxygen atoms in total. The van der Waals surface area contributed by atoms with E-state index < -0.39 is 17.4 Å². The Balaban J connectivity index is 1.54. The molecule has 0 amide bonds. The quantitative estimate of drug-likeness (QED) is 0.491. The molecular formula is C22H19F3N4O2. The maximum absolute atomic E-state index is 13.0. The van der Waals surface area contributed by atoms with Crippen LogP contribution in [0.2, 0.25) is 0 Å². The molecule has 1 fully saturated rings. The minimum Gasteiger partial charge on any atom is -0.422 e. The largest absolute Gasteiger partial charge is 0.422 e. The zero-order chi connectivity index (χ0) is 21.8. The summed E-state index contributed by atoms with van der Waals surface area (Å²) in [5, 5.41) is 4.11. The molecule has 160 valence electrons. The molecule has 31 heavy (non-hydrogen) atoms. The Bertz CT molecular complexity index is 1340. The van der Waals surface area contributed by atoms with Crippen molar-refractivity contribution in [3.05, 3.63) is 64.8 Å². The maximum Gasteiger partial charge on any atom is 0.416 e. The molecule has 0 saturated carbocycles.